The predicted octanol–water partition coefficient (Wildman–Crippen LogP) is 3.29. The molecule has 3 rings (SSSR count). The first-order valence-electron chi connectivity index (χ1n) is 10.4. The molecule has 2 aromatic carbocycles. The van der Waals surface area contributed by atoms with Crippen LogP contribution in [0.3, 0.4) is 0 Å². The van der Waals surface area contributed by atoms with E-state index in [4.69, 9.17) is 9.47 Å². The Morgan fingerprint density at radius 1 is 1.03 bits per heavy atom. The van der Waals surface area contributed by atoms with Gasteiger partial charge in [0.05, 0.1) is 25.2 Å². The minimum absolute atomic E-state index is 0.0605. The Bertz CT molecular complexity index is 1010. The number of aryl methyl sites for hydroxylation is 1. The monoisotopic (exact) mass is 446 g/mol. The summed E-state index contributed by atoms with van der Waals surface area (Å²) in [7, 11) is -0.382. The molecule has 0 radical (unpaired) electrons. The lowest BCUT2D eigenvalue weighted by Gasteiger charge is -2.31. The molecule has 1 N–H and O–H groups in total. The fourth-order valence-electron chi connectivity index (χ4n) is 3.75. The van der Waals surface area contributed by atoms with Crippen LogP contribution in [0.4, 0.5) is 0 Å². The lowest BCUT2D eigenvalue weighted by atomic mass is 9.96. The number of nitrogens with zero attached hydrogens (tertiary/aromatic N) is 1. The highest BCUT2D eigenvalue weighted by Crippen LogP contribution is 2.30. The zero-order chi connectivity index (χ0) is 22.6. The van der Waals surface area contributed by atoms with Gasteiger partial charge in [-0.25, -0.2) is 8.42 Å². The van der Waals surface area contributed by atoms with E-state index in [2.05, 4.69) is 5.32 Å². The highest BCUT2D eigenvalue weighted by atomic mass is 32.2. The van der Waals surface area contributed by atoms with Gasteiger partial charge in [-0.3, -0.25) is 4.79 Å². The normalized spacial score (nSPS) is 16.5. The molecule has 8 heteroatoms. The molecule has 168 valence electrons. The quantitative estimate of drug-likeness (QED) is 0.706. The number of hydrogen-bond acceptors (Lipinski definition) is 5. The SMILES string of the molecule is COc1ccc([C@H](C)NC(=O)C2CCN(S(=O)(=O)c3ccc(C)cc3)CC2)cc1OC. The Hall–Kier alpha value is -2.58. The van der Waals surface area contributed by atoms with E-state index >= 15 is 0 Å². The largest absolute Gasteiger partial charge is 0.493 e. The van der Waals surface area contributed by atoms with Crippen LogP contribution in [0.2, 0.25) is 0 Å². The van der Waals surface area contributed by atoms with Gasteiger partial charge in [0.2, 0.25) is 15.9 Å². The Labute approximate surface area is 184 Å². The molecule has 1 atom stereocenters. The molecule has 0 aliphatic carbocycles. The van der Waals surface area contributed by atoms with E-state index in [1.807, 2.05) is 32.0 Å². The van der Waals surface area contributed by atoms with Crippen molar-refractivity contribution in [3.63, 3.8) is 0 Å². The summed E-state index contributed by atoms with van der Waals surface area (Å²) in [4.78, 5) is 13.1. The van der Waals surface area contributed by atoms with Crippen LogP contribution in [0.1, 0.15) is 36.9 Å². The fraction of sp³-hybridized carbons (Fsp3) is 0.435. The van der Waals surface area contributed by atoms with Crippen molar-refractivity contribution in [2.24, 2.45) is 5.92 Å². The number of nitrogens with one attached hydrogen (secondary N) is 1. The molecule has 1 aliphatic rings. The van der Waals surface area contributed by atoms with Crippen LogP contribution in [0, 0.1) is 12.8 Å². The Balaban J connectivity index is 1.59. The Morgan fingerprint density at radius 2 is 1.65 bits per heavy atom. The van der Waals surface area contributed by atoms with Gasteiger partial charge < -0.3 is 14.8 Å². The number of sulfonamides is 1. The van der Waals surface area contributed by atoms with E-state index in [1.54, 1.807) is 38.5 Å². The summed E-state index contributed by atoms with van der Waals surface area (Å²) in [5.41, 5.74) is 1.92. The maximum atomic E-state index is 12.9. The topological polar surface area (TPSA) is 84.9 Å². The van der Waals surface area contributed by atoms with Gasteiger partial charge in [-0.05, 0) is 56.5 Å². The molecule has 31 heavy (non-hydrogen) atoms. The van der Waals surface area contributed by atoms with Crippen LogP contribution in [-0.4, -0.2) is 45.9 Å². The van der Waals surface area contributed by atoms with E-state index in [9.17, 15) is 13.2 Å². The summed E-state index contributed by atoms with van der Waals surface area (Å²) in [6, 6.07) is 12.2. The molecule has 1 amide bonds. The van der Waals surface area contributed by atoms with Gasteiger partial charge in [-0.1, -0.05) is 23.8 Å². The molecular formula is C23H30N2O5S. The van der Waals surface area contributed by atoms with Crippen LogP contribution < -0.4 is 14.8 Å². The van der Waals surface area contributed by atoms with Gasteiger partial charge in [0, 0.05) is 19.0 Å². The Kier molecular flexibility index (Phi) is 7.23. The van der Waals surface area contributed by atoms with Crippen LogP contribution in [0.25, 0.3) is 0 Å². The second-order valence-corrected chi connectivity index (χ2v) is 9.77. The first-order valence-corrected chi connectivity index (χ1v) is 11.8. The van der Waals surface area contributed by atoms with Crippen molar-refractivity contribution in [1.82, 2.24) is 9.62 Å². The number of benzene rings is 2. The standard InChI is InChI=1S/C23H30N2O5S/c1-16-5-8-20(9-6-16)31(27,28)25-13-11-18(12-14-25)23(26)24-17(2)19-7-10-21(29-3)22(15-19)30-4/h5-10,15,17-18H,11-14H2,1-4H3,(H,24,26)/t17-/m0/s1. The van der Waals surface area contributed by atoms with Crippen LogP contribution in [0.15, 0.2) is 47.4 Å². The maximum Gasteiger partial charge on any atom is 0.243 e. The zero-order valence-corrected chi connectivity index (χ0v) is 19.2. The summed E-state index contributed by atoms with van der Waals surface area (Å²) in [6.45, 7) is 4.50. The van der Waals surface area contributed by atoms with Gasteiger partial charge in [0.1, 0.15) is 0 Å². The maximum absolute atomic E-state index is 12.9. The van der Waals surface area contributed by atoms with Crippen molar-refractivity contribution in [2.45, 2.75) is 37.6 Å². The van der Waals surface area contributed by atoms with Crippen LogP contribution >= 0.6 is 0 Å². The third-order valence-corrected chi connectivity index (χ3v) is 7.66. The first kappa shape index (κ1) is 23.1. The van der Waals surface area contributed by atoms with E-state index in [-0.39, 0.29) is 17.9 Å². The van der Waals surface area contributed by atoms with Crippen molar-refractivity contribution in [3.05, 3.63) is 53.6 Å². The highest BCUT2D eigenvalue weighted by molar-refractivity contribution is 7.89. The minimum atomic E-state index is -3.53. The third kappa shape index (κ3) is 5.19. The number of hydrogen-bond donors (Lipinski definition) is 1. The van der Waals surface area contributed by atoms with Crippen LogP contribution in [-0.2, 0) is 14.8 Å². The van der Waals surface area contributed by atoms with Crippen molar-refractivity contribution in [3.8, 4) is 11.5 Å². The highest BCUT2D eigenvalue weighted by Gasteiger charge is 2.32. The molecule has 1 saturated heterocycles. The summed E-state index contributed by atoms with van der Waals surface area (Å²) in [6.07, 6.45) is 0.991. The van der Waals surface area contributed by atoms with Crippen LogP contribution in [0.5, 0.6) is 11.5 Å². The van der Waals surface area contributed by atoms with Gasteiger partial charge in [-0.15, -0.1) is 0 Å². The number of rotatable bonds is 7. The van der Waals surface area contributed by atoms with E-state index < -0.39 is 10.0 Å². The average Bonchev–Trinajstić information content (AvgIpc) is 2.78. The lowest BCUT2D eigenvalue weighted by Crippen LogP contribution is -2.43. The van der Waals surface area contributed by atoms with E-state index in [0.29, 0.717) is 42.3 Å². The number of carbonyl (C=O) groups excluding carboxylic acids is 1. The molecule has 0 saturated carbocycles. The molecule has 7 nitrogen and oxygen atoms in total. The summed E-state index contributed by atoms with van der Waals surface area (Å²) in [5.74, 6) is 0.962. The molecule has 2 aromatic rings. The lowest BCUT2D eigenvalue weighted by molar-refractivity contribution is -0.126. The number of piperidine rings is 1. The predicted molar refractivity (Wildman–Crippen MR) is 119 cm³/mol. The summed E-state index contributed by atoms with van der Waals surface area (Å²) >= 11 is 0. The molecule has 1 aliphatic heterocycles. The second-order valence-electron chi connectivity index (χ2n) is 7.84. The number of carbonyl (C=O) groups is 1. The van der Waals surface area contributed by atoms with E-state index in [0.717, 1.165) is 11.1 Å². The van der Waals surface area contributed by atoms with E-state index in [1.165, 1.54) is 4.31 Å². The first-order chi connectivity index (χ1) is 14.8. The molecule has 0 aromatic heterocycles. The molecular weight excluding hydrogens is 416 g/mol. The van der Waals surface area contributed by atoms with Gasteiger partial charge >= 0.3 is 0 Å². The molecule has 1 fully saturated rings. The van der Waals surface area contributed by atoms with Gasteiger partial charge in [0.25, 0.3) is 0 Å². The number of methoxy groups -OCH3 is 2. The smallest absolute Gasteiger partial charge is 0.243 e. The zero-order valence-electron chi connectivity index (χ0n) is 18.4. The van der Waals surface area contributed by atoms with Crippen molar-refractivity contribution in [2.75, 3.05) is 27.3 Å². The third-order valence-electron chi connectivity index (χ3n) is 5.75. The Morgan fingerprint density at radius 3 is 2.23 bits per heavy atom. The van der Waals surface area contributed by atoms with Crippen molar-refractivity contribution >= 4 is 15.9 Å². The summed E-state index contributed by atoms with van der Waals surface area (Å²) in [5, 5.41) is 3.04. The molecule has 0 unspecified atom stereocenters. The second kappa shape index (κ2) is 9.70. The number of ether oxygens (including phenoxy) is 2. The average molecular weight is 447 g/mol. The molecule has 1 heterocycles. The van der Waals surface area contributed by atoms with Crippen molar-refractivity contribution < 1.29 is 22.7 Å². The number of amides is 1. The molecule has 0 spiro atoms. The van der Waals surface area contributed by atoms with Gasteiger partial charge in [0.15, 0.2) is 11.5 Å². The fourth-order valence-corrected chi connectivity index (χ4v) is 5.22. The molecule has 0 bridgehead atoms. The summed E-state index contributed by atoms with van der Waals surface area (Å²) < 4.78 is 37.8. The van der Waals surface area contributed by atoms with Gasteiger partial charge in [-0.2, -0.15) is 4.31 Å². The van der Waals surface area contributed by atoms with Crippen molar-refractivity contribution in [1.29, 1.82) is 0 Å². The minimum Gasteiger partial charge on any atom is -0.493 e.